The van der Waals surface area contributed by atoms with Gasteiger partial charge < -0.3 is 0 Å². The first-order valence-corrected chi connectivity index (χ1v) is 4.82. The van der Waals surface area contributed by atoms with Gasteiger partial charge in [-0.1, -0.05) is 13.8 Å². The molecule has 0 fully saturated rings. The van der Waals surface area contributed by atoms with Gasteiger partial charge in [0.2, 0.25) is 0 Å². The summed E-state index contributed by atoms with van der Waals surface area (Å²) in [5.41, 5.74) is 0. The summed E-state index contributed by atoms with van der Waals surface area (Å²) in [4.78, 5) is 0. The summed E-state index contributed by atoms with van der Waals surface area (Å²) >= 11 is 0. The van der Waals surface area contributed by atoms with Gasteiger partial charge in [0, 0.05) is 5.75 Å². The smallest absolute Gasteiger partial charge is 0.114 e. The van der Waals surface area contributed by atoms with Crippen molar-refractivity contribution in [2.45, 2.75) is 20.3 Å². The van der Waals surface area contributed by atoms with Crippen molar-refractivity contribution in [3.05, 3.63) is 0 Å². The summed E-state index contributed by atoms with van der Waals surface area (Å²) in [7, 11) is 4.08. The van der Waals surface area contributed by atoms with Crippen molar-refractivity contribution in [1.82, 2.24) is 0 Å². The largest absolute Gasteiger partial charge is 0.243 e. The lowest BCUT2D eigenvalue weighted by atomic mass is 10.2. The van der Waals surface area contributed by atoms with Crippen molar-refractivity contribution in [2.75, 3.05) is 5.75 Å². The van der Waals surface area contributed by atoms with E-state index >= 15 is 0 Å². The molecule has 8 heavy (non-hydrogen) atoms. The van der Waals surface area contributed by atoms with Crippen LogP contribution in [-0.2, 0) is 10.0 Å². The molecule has 0 aromatic heterocycles. The van der Waals surface area contributed by atoms with E-state index in [1.54, 1.807) is 0 Å². The second-order valence-corrected chi connectivity index (χ2v) is 4.20. The monoisotopic (exact) mass is 154 g/mol. The fourth-order valence-corrected chi connectivity index (χ4v) is 1.25. The average Bonchev–Trinajstić information content (AvgIpc) is 1.61. The van der Waals surface area contributed by atoms with Crippen LogP contribution < -0.4 is 0 Å². The van der Waals surface area contributed by atoms with Crippen molar-refractivity contribution in [3.8, 4) is 0 Å². The molecule has 1 nitrogen and oxygen atoms in total. The van der Waals surface area contributed by atoms with Gasteiger partial charge in [-0.15, -0.1) is 0 Å². The summed E-state index contributed by atoms with van der Waals surface area (Å²) in [5, 5.41) is 0. The Morgan fingerprint density at radius 2 is 2.12 bits per heavy atom. The summed E-state index contributed by atoms with van der Waals surface area (Å²) in [6, 6.07) is 0. The van der Waals surface area contributed by atoms with E-state index in [0.717, 1.165) is 6.42 Å². The van der Waals surface area contributed by atoms with Crippen molar-refractivity contribution in [1.29, 1.82) is 0 Å². The van der Waals surface area contributed by atoms with Gasteiger partial charge in [-0.05, 0) is 23.0 Å². The maximum atomic E-state index is 10.2. The highest BCUT2D eigenvalue weighted by Crippen LogP contribution is 2.01. The molecule has 0 rings (SSSR count). The fourth-order valence-electron chi connectivity index (χ4n) is 0.328. The van der Waals surface area contributed by atoms with Crippen LogP contribution in [0.3, 0.4) is 0 Å². The molecular weight excluding hydrogens is 144 g/mol. The van der Waals surface area contributed by atoms with E-state index in [2.05, 4.69) is 13.8 Å². The van der Waals surface area contributed by atoms with E-state index in [-0.39, 0.29) is 0 Å². The summed E-state index contributed by atoms with van der Waals surface area (Å²) in [5.74, 6) is 1.23. The van der Waals surface area contributed by atoms with Gasteiger partial charge in [-0.3, -0.25) is 0 Å². The van der Waals surface area contributed by atoms with Gasteiger partial charge >= 0.3 is 0 Å². The van der Waals surface area contributed by atoms with Crippen molar-refractivity contribution in [3.63, 3.8) is 0 Å². The summed E-state index contributed by atoms with van der Waals surface area (Å²) in [6.45, 7) is 4.17. The standard InChI is InChI=1S/C5H11ClOS/c1-5(2)3-4-8(6)7/h5H,3-4H2,1-2H3. The molecule has 0 bridgehead atoms. The van der Waals surface area contributed by atoms with Crippen LogP contribution in [0.15, 0.2) is 0 Å². The molecule has 1 atom stereocenters. The van der Waals surface area contributed by atoms with E-state index in [1.807, 2.05) is 0 Å². The highest BCUT2D eigenvalue weighted by atomic mass is 35.7. The second-order valence-electron chi connectivity index (χ2n) is 2.18. The first kappa shape index (κ1) is 8.44. The lowest BCUT2D eigenvalue weighted by Crippen LogP contribution is -1.94. The third-order valence-electron chi connectivity index (χ3n) is 0.856. The molecule has 50 valence electrons. The Balaban J connectivity index is 3.05. The molecule has 1 unspecified atom stereocenters. The number of rotatable bonds is 3. The average molecular weight is 155 g/mol. The molecule has 0 aromatic rings. The number of hydrogen-bond donors (Lipinski definition) is 0. The minimum Gasteiger partial charge on any atom is -0.243 e. The lowest BCUT2D eigenvalue weighted by molar-refractivity contribution is 0.622. The lowest BCUT2D eigenvalue weighted by Gasteiger charge is -1.97. The SMILES string of the molecule is CC(C)CCS(=O)Cl. The Morgan fingerprint density at radius 1 is 1.62 bits per heavy atom. The molecular formula is C5H11ClOS. The van der Waals surface area contributed by atoms with Crippen LogP contribution in [0, 0.1) is 5.92 Å². The van der Waals surface area contributed by atoms with Gasteiger partial charge in [0.1, 0.15) is 10.0 Å². The molecule has 0 aliphatic carbocycles. The predicted molar refractivity (Wildman–Crippen MR) is 38.3 cm³/mol. The zero-order chi connectivity index (χ0) is 6.57. The van der Waals surface area contributed by atoms with Gasteiger partial charge in [0.25, 0.3) is 0 Å². The van der Waals surface area contributed by atoms with Crippen LogP contribution in [-0.4, -0.2) is 9.96 Å². The molecule has 0 saturated carbocycles. The molecule has 0 aromatic carbocycles. The predicted octanol–water partition coefficient (Wildman–Crippen LogP) is 1.94. The molecule has 0 saturated heterocycles. The van der Waals surface area contributed by atoms with E-state index in [1.165, 1.54) is 0 Å². The Labute approximate surface area is 57.4 Å². The first-order chi connectivity index (χ1) is 3.63. The van der Waals surface area contributed by atoms with Crippen molar-refractivity contribution in [2.24, 2.45) is 5.92 Å². The fraction of sp³-hybridized carbons (Fsp3) is 1.00. The van der Waals surface area contributed by atoms with Crippen LogP contribution in [0.1, 0.15) is 20.3 Å². The van der Waals surface area contributed by atoms with E-state index in [4.69, 9.17) is 10.7 Å². The zero-order valence-electron chi connectivity index (χ0n) is 5.19. The molecule has 0 aliphatic heterocycles. The minimum absolute atomic E-state index is 0.609. The summed E-state index contributed by atoms with van der Waals surface area (Å²) in [6.07, 6.45) is 0.954. The number of hydrogen-bond acceptors (Lipinski definition) is 1. The Bertz CT molecular complexity index is 82.5. The Hall–Kier alpha value is 0.440. The van der Waals surface area contributed by atoms with Crippen molar-refractivity contribution >= 4 is 20.7 Å². The van der Waals surface area contributed by atoms with Crippen molar-refractivity contribution < 1.29 is 4.21 Å². The molecule has 3 heteroatoms. The Morgan fingerprint density at radius 3 is 2.25 bits per heavy atom. The maximum Gasteiger partial charge on any atom is 0.114 e. The van der Waals surface area contributed by atoms with E-state index in [9.17, 15) is 4.21 Å². The van der Waals surface area contributed by atoms with Gasteiger partial charge in [0.05, 0.1) is 0 Å². The molecule has 0 aliphatic rings. The molecule has 0 spiro atoms. The topological polar surface area (TPSA) is 17.1 Å². The molecule has 0 radical (unpaired) electrons. The van der Waals surface area contributed by atoms with Gasteiger partial charge in [-0.25, -0.2) is 4.21 Å². The Kier molecular flexibility index (Phi) is 4.57. The van der Waals surface area contributed by atoms with Crippen LogP contribution in [0.4, 0.5) is 0 Å². The zero-order valence-corrected chi connectivity index (χ0v) is 6.76. The second kappa shape index (κ2) is 4.33. The normalized spacial score (nSPS) is 14.5. The highest BCUT2D eigenvalue weighted by molar-refractivity contribution is 8.08. The van der Waals surface area contributed by atoms with Crippen LogP contribution >= 0.6 is 10.7 Å². The molecule has 0 amide bonds. The van der Waals surface area contributed by atoms with Crippen LogP contribution in [0.5, 0.6) is 0 Å². The van der Waals surface area contributed by atoms with Gasteiger partial charge in [-0.2, -0.15) is 0 Å². The quantitative estimate of drug-likeness (QED) is 0.568. The van der Waals surface area contributed by atoms with E-state index in [0.29, 0.717) is 11.7 Å². The number of halogens is 1. The minimum atomic E-state index is -1.11. The third kappa shape index (κ3) is 6.44. The first-order valence-electron chi connectivity index (χ1n) is 2.67. The maximum absolute atomic E-state index is 10.2. The third-order valence-corrected chi connectivity index (χ3v) is 1.88. The van der Waals surface area contributed by atoms with E-state index < -0.39 is 10.0 Å². The van der Waals surface area contributed by atoms with Crippen LogP contribution in [0.2, 0.25) is 0 Å². The van der Waals surface area contributed by atoms with Gasteiger partial charge in [0.15, 0.2) is 0 Å². The molecule has 0 N–H and O–H groups in total. The summed E-state index contributed by atoms with van der Waals surface area (Å²) < 4.78 is 10.2. The highest BCUT2D eigenvalue weighted by Gasteiger charge is 1.96. The van der Waals surface area contributed by atoms with Crippen LogP contribution in [0.25, 0.3) is 0 Å². The molecule has 0 heterocycles.